The first-order valence-corrected chi connectivity index (χ1v) is 8.75. The number of phenols is 2. The lowest BCUT2D eigenvalue weighted by molar-refractivity contribution is -0.158. The van der Waals surface area contributed by atoms with Gasteiger partial charge in [-0.25, -0.2) is 4.79 Å². The van der Waals surface area contributed by atoms with Gasteiger partial charge in [0.05, 0.1) is 6.61 Å². The summed E-state index contributed by atoms with van der Waals surface area (Å²) in [6, 6.07) is 13.6. The molecule has 6 heteroatoms. The van der Waals surface area contributed by atoms with E-state index in [0.29, 0.717) is 6.42 Å². The van der Waals surface area contributed by atoms with Gasteiger partial charge in [0.15, 0.2) is 6.61 Å². The van der Waals surface area contributed by atoms with E-state index in [4.69, 9.17) is 9.47 Å². The van der Waals surface area contributed by atoms with Gasteiger partial charge in [0, 0.05) is 11.8 Å². The number of aromatic hydroxyl groups is 2. The van der Waals surface area contributed by atoms with Crippen molar-refractivity contribution in [3.05, 3.63) is 59.7 Å². The molecule has 0 saturated carbocycles. The molecule has 0 radical (unpaired) electrons. The maximum absolute atomic E-state index is 12.1. The molecular formula is C21H24O6. The second-order valence-electron chi connectivity index (χ2n) is 6.39. The van der Waals surface area contributed by atoms with Crippen LogP contribution in [-0.4, -0.2) is 35.4 Å². The number of rotatable bonds is 8. The Hall–Kier alpha value is -3.02. The van der Waals surface area contributed by atoms with Gasteiger partial charge in [0.2, 0.25) is 0 Å². The SMILES string of the molecule is CCOC(=O)COC(=O)CCC(C)(c1ccc(O)cc1)c1ccc(O)cc1. The van der Waals surface area contributed by atoms with Crippen molar-refractivity contribution < 1.29 is 29.3 Å². The van der Waals surface area contributed by atoms with Crippen LogP contribution < -0.4 is 0 Å². The van der Waals surface area contributed by atoms with E-state index in [1.807, 2.05) is 6.92 Å². The molecule has 2 N–H and O–H groups in total. The average Bonchev–Trinajstić information content (AvgIpc) is 2.66. The lowest BCUT2D eigenvalue weighted by atomic mass is 9.73. The molecule has 0 atom stereocenters. The zero-order valence-corrected chi connectivity index (χ0v) is 15.5. The van der Waals surface area contributed by atoms with Crippen molar-refractivity contribution in [2.24, 2.45) is 0 Å². The number of carbonyl (C=O) groups is 2. The topological polar surface area (TPSA) is 93.1 Å². The van der Waals surface area contributed by atoms with Crippen LogP contribution in [0, 0.1) is 0 Å². The molecule has 144 valence electrons. The Labute approximate surface area is 158 Å². The van der Waals surface area contributed by atoms with Crippen LogP contribution in [0.4, 0.5) is 0 Å². The van der Waals surface area contributed by atoms with Crippen LogP contribution in [0.1, 0.15) is 37.8 Å². The van der Waals surface area contributed by atoms with Crippen molar-refractivity contribution in [1.29, 1.82) is 0 Å². The van der Waals surface area contributed by atoms with E-state index in [1.165, 1.54) is 0 Å². The normalized spacial score (nSPS) is 11.0. The van der Waals surface area contributed by atoms with Gasteiger partial charge in [-0.3, -0.25) is 4.79 Å². The standard InChI is InChI=1S/C21H24O6/c1-3-26-20(25)14-27-19(24)12-13-21(2,15-4-8-17(22)9-5-15)16-6-10-18(23)11-7-16/h4-11,22-23H,3,12-14H2,1-2H3. The predicted octanol–water partition coefficient (Wildman–Crippen LogP) is 3.29. The largest absolute Gasteiger partial charge is 0.508 e. The van der Waals surface area contributed by atoms with Gasteiger partial charge >= 0.3 is 11.9 Å². The van der Waals surface area contributed by atoms with Crippen molar-refractivity contribution in [2.45, 2.75) is 32.1 Å². The first kappa shape index (κ1) is 20.3. The van der Waals surface area contributed by atoms with E-state index < -0.39 is 24.0 Å². The number of hydrogen-bond acceptors (Lipinski definition) is 6. The monoisotopic (exact) mass is 372 g/mol. The highest BCUT2D eigenvalue weighted by Gasteiger charge is 2.30. The quantitative estimate of drug-likeness (QED) is 0.691. The second-order valence-corrected chi connectivity index (χ2v) is 6.39. The van der Waals surface area contributed by atoms with E-state index in [1.54, 1.807) is 55.5 Å². The fourth-order valence-corrected chi connectivity index (χ4v) is 2.88. The minimum Gasteiger partial charge on any atom is -0.508 e. The summed E-state index contributed by atoms with van der Waals surface area (Å²) in [7, 11) is 0. The number of hydrogen-bond donors (Lipinski definition) is 2. The third-order valence-corrected chi connectivity index (χ3v) is 4.49. The molecule has 0 fully saturated rings. The highest BCUT2D eigenvalue weighted by atomic mass is 16.6. The molecule has 0 saturated heterocycles. The third kappa shape index (κ3) is 5.48. The molecule has 0 amide bonds. The Morgan fingerprint density at radius 3 is 1.78 bits per heavy atom. The zero-order valence-electron chi connectivity index (χ0n) is 15.5. The molecule has 6 nitrogen and oxygen atoms in total. The molecule has 0 aliphatic heterocycles. The van der Waals surface area contributed by atoms with Crippen LogP contribution >= 0.6 is 0 Å². The molecule has 0 aromatic heterocycles. The smallest absolute Gasteiger partial charge is 0.344 e. The molecule has 0 aliphatic rings. The molecule has 2 aromatic carbocycles. The minimum absolute atomic E-state index is 0.0949. The molecular weight excluding hydrogens is 348 g/mol. The van der Waals surface area contributed by atoms with Crippen LogP contribution in [0.25, 0.3) is 0 Å². The first-order chi connectivity index (χ1) is 12.8. The van der Waals surface area contributed by atoms with Gasteiger partial charge < -0.3 is 19.7 Å². The lowest BCUT2D eigenvalue weighted by Crippen LogP contribution is -2.26. The highest BCUT2D eigenvalue weighted by molar-refractivity contribution is 5.76. The molecule has 0 bridgehead atoms. The number of esters is 2. The maximum atomic E-state index is 12.1. The molecule has 0 unspecified atom stereocenters. The molecule has 27 heavy (non-hydrogen) atoms. The Balaban J connectivity index is 2.15. The molecule has 0 heterocycles. The van der Waals surface area contributed by atoms with Gasteiger partial charge in [-0.1, -0.05) is 31.2 Å². The van der Waals surface area contributed by atoms with Crippen molar-refractivity contribution in [3.8, 4) is 11.5 Å². The first-order valence-electron chi connectivity index (χ1n) is 8.75. The fraction of sp³-hybridized carbons (Fsp3) is 0.333. The zero-order chi connectivity index (χ0) is 19.9. The lowest BCUT2D eigenvalue weighted by Gasteiger charge is -2.31. The van der Waals surface area contributed by atoms with Crippen molar-refractivity contribution >= 4 is 11.9 Å². The highest BCUT2D eigenvalue weighted by Crippen LogP contribution is 2.37. The van der Waals surface area contributed by atoms with Crippen LogP contribution in [-0.2, 0) is 24.5 Å². The van der Waals surface area contributed by atoms with Gasteiger partial charge in [-0.15, -0.1) is 0 Å². The predicted molar refractivity (Wildman–Crippen MR) is 99.5 cm³/mol. The van der Waals surface area contributed by atoms with Crippen LogP contribution in [0.5, 0.6) is 11.5 Å². The molecule has 0 aliphatic carbocycles. The van der Waals surface area contributed by atoms with Gasteiger partial charge in [-0.05, 0) is 48.7 Å². The summed E-state index contributed by atoms with van der Waals surface area (Å²) < 4.78 is 9.70. The minimum atomic E-state index is -0.578. The van der Waals surface area contributed by atoms with Gasteiger partial charge in [-0.2, -0.15) is 0 Å². The van der Waals surface area contributed by atoms with E-state index in [0.717, 1.165) is 11.1 Å². The Kier molecular flexibility index (Phi) is 6.82. The van der Waals surface area contributed by atoms with E-state index >= 15 is 0 Å². The summed E-state index contributed by atoms with van der Waals surface area (Å²) in [6.45, 7) is 3.49. The summed E-state index contributed by atoms with van der Waals surface area (Å²) in [5, 5.41) is 19.1. The average molecular weight is 372 g/mol. The fourth-order valence-electron chi connectivity index (χ4n) is 2.88. The molecule has 0 spiro atoms. The van der Waals surface area contributed by atoms with Crippen molar-refractivity contribution in [1.82, 2.24) is 0 Å². The van der Waals surface area contributed by atoms with E-state index in [-0.39, 0.29) is 24.5 Å². The van der Waals surface area contributed by atoms with Crippen LogP contribution in [0.2, 0.25) is 0 Å². The Morgan fingerprint density at radius 2 is 1.33 bits per heavy atom. The summed E-state index contributed by atoms with van der Waals surface area (Å²) in [5.74, 6) is -0.765. The summed E-state index contributed by atoms with van der Waals surface area (Å²) in [5.41, 5.74) is 1.26. The van der Waals surface area contributed by atoms with Crippen LogP contribution in [0.15, 0.2) is 48.5 Å². The Bertz CT molecular complexity index is 719. The van der Waals surface area contributed by atoms with Crippen LogP contribution in [0.3, 0.4) is 0 Å². The molecule has 2 aromatic rings. The number of carbonyl (C=O) groups excluding carboxylic acids is 2. The van der Waals surface area contributed by atoms with Gasteiger partial charge in [0.25, 0.3) is 0 Å². The molecule has 2 rings (SSSR count). The summed E-state index contributed by atoms with van der Waals surface area (Å²) >= 11 is 0. The number of ether oxygens (including phenoxy) is 2. The third-order valence-electron chi connectivity index (χ3n) is 4.49. The Morgan fingerprint density at radius 1 is 0.852 bits per heavy atom. The van der Waals surface area contributed by atoms with Crippen molar-refractivity contribution in [3.63, 3.8) is 0 Å². The second kappa shape index (κ2) is 9.07. The van der Waals surface area contributed by atoms with Crippen molar-refractivity contribution in [2.75, 3.05) is 13.2 Å². The van der Waals surface area contributed by atoms with E-state index in [9.17, 15) is 19.8 Å². The maximum Gasteiger partial charge on any atom is 0.344 e. The van der Waals surface area contributed by atoms with Gasteiger partial charge in [0.1, 0.15) is 11.5 Å². The summed E-state index contributed by atoms with van der Waals surface area (Å²) in [6.07, 6.45) is 0.516. The summed E-state index contributed by atoms with van der Waals surface area (Å²) in [4.78, 5) is 23.4. The van der Waals surface area contributed by atoms with E-state index in [2.05, 4.69) is 0 Å². The number of benzene rings is 2. The number of phenolic OH excluding ortho intramolecular Hbond substituents is 2.